The minimum atomic E-state index is 0.426. The van der Waals surface area contributed by atoms with Gasteiger partial charge in [0.25, 0.3) is 0 Å². The summed E-state index contributed by atoms with van der Waals surface area (Å²) in [5.74, 6) is 1.51. The van der Waals surface area contributed by atoms with Crippen molar-refractivity contribution in [2.24, 2.45) is 17.6 Å². The lowest BCUT2D eigenvalue weighted by molar-refractivity contribution is 0.392. The lowest BCUT2D eigenvalue weighted by Gasteiger charge is -2.24. The third-order valence-electron chi connectivity index (χ3n) is 4.67. The van der Waals surface area contributed by atoms with Crippen molar-refractivity contribution in [1.82, 2.24) is 4.98 Å². The lowest BCUT2D eigenvalue weighted by atomic mass is 9.93. The first kappa shape index (κ1) is 15.2. The van der Waals surface area contributed by atoms with E-state index in [-0.39, 0.29) is 0 Å². The van der Waals surface area contributed by atoms with Crippen LogP contribution in [0.1, 0.15) is 50.1 Å². The normalized spacial score (nSPS) is 25.7. The molecule has 3 atom stereocenters. The number of nitrogens with zero attached hydrogens (tertiary/aromatic N) is 1. The number of nitrogens with one attached hydrogen (secondary N) is 1. The highest BCUT2D eigenvalue weighted by molar-refractivity contribution is 7.80. The van der Waals surface area contributed by atoms with E-state index in [9.17, 15) is 0 Å². The van der Waals surface area contributed by atoms with E-state index in [1.165, 1.54) is 19.3 Å². The number of rotatable bonds is 4. The number of anilines is 1. The van der Waals surface area contributed by atoms with Crippen molar-refractivity contribution in [1.29, 1.82) is 0 Å². The Labute approximate surface area is 127 Å². The fraction of sp³-hybridized carbons (Fsp3) is 0.625. The molecule has 1 heterocycles. The van der Waals surface area contributed by atoms with Crippen LogP contribution in [0.5, 0.6) is 0 Å². The second-order valence-corrected chi connectivity index (χ2v) is 6.43. The molecule has 0 bridgehead atoms. The van der Waals surface area contributed by atoms with Gasteiger partial charge in [-0.15, -0.1) is 0 Å². The van der Waals surface area contributed by atoms with E-state index < -0.39 is 0 Å². The van der Waals surface area contributed by atoms with Gasteiger partial charge in [0.05, 0.1) is 5.56 Å². The molecular formula is C16H25N3S. The second-order valence-electron chi connectivity index (χ2n) is 5.99. The average Bonchev–Trinajstić information content (AvgIpc) is 2.69. The van der Waals surface area contributed by atoms with Crippen LogP contribution in [-0.4, -0.2) is 16.0 Å². The predicted octanol–water partition coefficient (Wildman–Crippen LogP) is 3.57. The van der Waals surface area contributed by atoms with Crippen LogP contribution in [-0.2, 0) is 0 Å². The molecule has 1 fully saturated rings. The molecule has 0 saturated heterocycles. The van der Waals surface area contributed by atoms with Crippen molar-refractivity contribution in [2.45, 2.75) is 53.0 Å². The summed E-state index contributed by atoms with van der Waals surface area (Å²) in [7, 11) is 0. The number of hydrogen-bond donors (Lipinski definition) is 2. The first-order valence-corrected chi connectivity index (χ1v) is 7.89. The Hall–Kier alpha value is -1.16. The van der Waals surface area contributed by atoms with Crippen molar-refractivity contribution < 1.29 is 0 Å². The van der Waals surface area contributed by atoms with Gasteiger partial charge in [-0.2, -0.15) is 0 Å². The summed E-state index contributed by atoms with van der Waals surface area (Å²) in [5, 5.41) is 3.68. The Morgan fingerprint density at radius 2 is 2.15 bits per heavy atom. The van der Waals surface area contributed by atoms with Crippen LogP contribution in [0.15, 0.2) is 6.07 Å². The SMILES string of the molecule is CCC1CCC(Nc2cc(C)nc(C)c2C(N)=S)C1C. The van der Waals surface area contributed by atoms with Gasteiger partial charge in [-0.1, -0.05) is 32.5 Å². The molecule has 0 spiro atoms. The molecule has 1 saturated carbocycles. The molecule has 3 N–H and O–H groups in total. The zero-order valence-electron chi connectivity index (χ0n) is 12.9. The van der Waals surface area contributed by atoms with Gasteiger partial charge in [0.2, 0.25) is 0 Å². The van der Waals surface area contributed by atoms with E-state index >= 15 is 0 Å². The molecular weight excluding hydrogens is 266 g/mol. The van der Waals surface area contributed by atoms with Crippen molar-refractivity contribution in [3.63, 3.8) is 0 Å². The maximum absolute atomic E-state index is 5.88. The standard InChI is InChI=1S/C16H25N3S/c1-5-12-6-7-13(10(12)3)19-14-8-9(2)18-11(4)15(14)16(17)20/h8,10,12-13H,5-7H2,1-4H3,(H2,17,20)(H,18,19). The molecule has 1 aliphatic carbocycles. The van der Waals surface area contributed by atoms with E-state index in [4.69, 9.17) is 18.0 Å². The van der Waals surface area contributed by atoms with Gasteiger partial charge in [0.15, 0.2) is 0 Å². The zero-order chi connectivity index (χ0) is 14.9. The molecule has 20 heavy (non-hydrogen) atoms. The fourth-order valence-electron chi connectivity index (χ4n) is 3.48. The molecule has 3 unspecified atom stereocenters. The lowest BCUT2D eigenvalue weighted by Crippen LogP contribution is -2.27. The van der Waals surface area contributed by atoms with Crippen LogP contribution in [0, 0.1) is 25.7 Å². The van der Waals surface area contributed by atoms with Crippen LogP contribution in [0.4, 0.5) is 5.69 Å². The molecule has 4 heteroatoms. The van der Waals surface area contributed by atoms with Gasteiger partial charge >= 0.3 is 0 Å². The van der Waals surface area contributed by atoms with E-state index in [2.05, 4.69) is 30.2 Å². The van der Waals surface area contributed by atoms with Crippen LogP contribution in [0.25, 0.3) is 0 Å². The summed E-state index contributed by atoms with van der Waals surface area (Å²) in [6, 6.07) is 2.57. The zero-order valence-corrected chi connectivity index (χ0v) is 13.7. The molecule has 1 aromatic rings. The highest BCUT2D eigenvalue weighted by atomic mass is 32.1. The largest absolute Gasteiger partial charge is 0.389 e. The summed E-state index contributed by atoms with van der Waals surface area (Å²) in [6.45, 7) is 8.61. The Bertz CT molecular complexity index is 513. The molecule has 1 aromatic heterocycles. The van der Waals surface area contributed by atoms with E-state index in [1.807, 2.05) is 13.8 Å². The molecule has 110 valence electrons. The number of hydrogen-bond acceptors (Lipinski definition) is 3. The van der Waals surface area contributed by atoms with Gasteiger partial charge in [-0.05, 0) is 44.6 Å². The van der Waals surface area contributed by atoms with E-state index in [0.29, 0.717) is 16.9 Å². The summed E-state index contributed by atoms with van der Waals surface area (Å²) in [5.41, 5.74) is 9.75. The summed E-state index contributed by atoms with van der Waals surface area (Å²) >= 11 is 5.19. The monoisotopic (exact) mass is 291 g/mol. The third-order valence-corrected chi connectivity index (χ3v) is 4.87. The topological polar surface area (TPSA) is 50.9 Å². The highest BCUT2D eigenvalue weighted by Crippen LogP contribution is 2.36. The van der Waals surface area contributed by atoms with Crippen molar-refractivity contribution >= 4 is 22.9 Å². The molecule has 0 aromatic carbocycles. The highest BCUT2D eigenvalue weighted by Gasteiger charge is 2.32. The minimum absolute atomic E-state index is 0.426. The molecule has 0 radical (unpaired) electrons. The van der Waals surface area contributed by atoms with Gasteiger partial charge in [-0.25, -0.2) is 0 Å². The summed E-state index contributed by atoms with van der Waals surface area (Å²) < 4.78 is 0. The number of aromatic nitrogens is 1. The molecule has 0 aliphatic heterocycles. The van der Waals surface area contributed by atoms with Crippen LogP contribution < -0.4 is 11.1 Å². The van der Waals surface area contributed by atoms with Crippen molar-refractivity contribution in [3.05, 3.63) is 23.0 Å². The Kier molecular flexibility index (Phi) is 4.63. The maximum atomic E-state index is 5.88. The Balaban J connectivity index is 2.27. The van der Waals surface area contributed by atoms with E-state index in [0.717, 1.165) is 28.6 Å². The number of thiocarbonyl (C=S) groups is 1. The van der Waals surface area contributed by atoms with Crippen molar-refractivity contribution in [2.75, 3.05) is 5.32 Å². The summed E-state index contributed by atoms with van der Waals surface area (Å²) in [4.78, 5) is 4.90. The molecule has 3 nitrogen and oxygen atoms in total. The van der Waals surface area contributed by atoms with Crippen LogP contribution in [0.2, 0.25) is 0 Å². The van der Waals surface area contributed by atoms with Crippen molar-refractivity contribution in [3.8, 4) is 0 Å². The van der Waals surface area contributed by atoms with Gasteiger partial charge in [0.1, 0.15) is 4.99 Å². The second kappa shape index (κ2) is 6.08. The van der Waals surface area contributed by atoms with Gasteiger partial charge in [-0.3, -0.25) is 4.98 Å². The Morgan fingerprint density at radius 3 is 2.70 bits per heavy atom. The predicted molar refractivity (Wildman–Crippen MR) is 89.2 cm³/mol. The fourth-order valence-corrected chi connectivity index (χ4v) is 3.74. The Morgan fingerprint density at radius 1 is 1.45 bits per heavy atom. The van der Waals surface area contributed by atoms with E-state index in [1.54, 1.807) is 0 Å². The van der Waals surface area contributed by atoms with Gasteiger partial charge < -0.3 is 11.1 Å². The van der Waals surface area contributed by atoms with Crippen LogP contribution >= 0.6 is 12.2 Å². The summed E-state index contributed by atoms with van der Waals surface area (Å²) in [6.07, 6.45) is 3.79. The minimum Gasteiger partial charge on any atom is -0.389 e. The number of nitrogens with two attached hydrogens (primary N) is 1. The quantitative estimate of drug-likeness (QED) is 0.833. The molecule has 1 aliphatic rings. The smallest absolute Gasteiger partial charge is 0.107 e. The molecule has 2 rings (SSSR count). The molecule has 0 amide bonds. The van der Waals surface area contributed by atoms with Gasteiger partial charge in [0, 0.05) is 23.1 Å². The van der Waals surface area contributed by atoms with Crippen LogP contribution in [0.3, 0.4) is 0 Å². The first-order valence-electron chi connectivity index (χ1n) is 7.48. The first-order chi connectivity index (χ1) is 9.43. The number of aryl methyl sites for hydroxylation is 2. The maximum Gasteiger partial charge on any atom is 0.107 e. The third kappa shape index (κ3) is 2.95. The average molecular weight is 291 g/mol. The number of pyridine rings is 1.